The molecular formula is C10H22N2S. The van der Waals surface area contributed by atoms with Crippen molar-refractivity contribution >= 4 is 11.8 Å². The fourth-order valence-electron chi connectivity index (χ4n) is 1.26. The average Bonchev–Trinajstić information content (AvgIpc) is 2.92. The van der Waals surface area contributed by atoms with Crippen LogP contribution in [-0.4, -0.2) is 50.1 Å². The van der Waals surface area contributed by atoms with Crippen LogP contribution >= 0.6 is 11.8 Å². The van der Waals surface area contributed by atoms with Gasteiger partial charge in [0.1, 0.15) is 0 Å². The highest BCUT2D eigenvalue weighted by Gasteiger charge is 2.19. The van der Waals surface area contributed by atoms with Gasteiger partial charge in [-0.05, 0) is 38.6 Å². The first-order valence-corrected chi connectivity index (χ1v) is 6.60. The first-order chi connectivity index (χ1) is 6.33. The molecule has 0 saturated heterocycles. The van der Waals surface area contributed by atoms with E-state index < -0.39 is 0 Å². The van der Waals surface area contributed by atoms with Crippen molar-refractivity contribution in [1.29, 1.82) is 0 Å². The quantitative estimate of drug-likeness (QED) is 0.597. The Bertz CT molecular complexity index is 126. The van der Waals surface area contributed by atoms with Gasteiger partial charge in [0, 0.05) is 25.4 Å². The lowest BCUT2D eigenvalue weighted by atomic mass is 10.4. The molecule has 0 aromatic rings. The van der Waals surface area contributed by atoms with Crippen molar-refractivity contribution in [1.82, 2.24) is 10.2 Å². The summed E-state index contributed by atoms with van der Waals surface area (Å²) in [5, 5.41) is 3.51. The van der Waals surface area contributed by atoms with Crippen molar-refractivity contribution in [3.63, 3.8) is 0 Å². The molecule has 0 bridgehead atoms. The van der Waals surface area contributed by atoms with E-state index in [0.29, 0.717) is 0 Å². The highest BCUT2D eigenvalue weighted by molar-refractivity contribution is 7.98. The molecule has 0 aromatic carbocycles. The normalized spacial score (nSPS) is 16.8. The molecule has 1 fully saturated rings. The molecule has 1 aliphatic rings. The Morgan fingerprint density at radius 3 is 2.77 bits per heavy atom. The van der Waals surface area contributed by atoms with Crippen molar-refractivity contribution in [2.75, 3.05) is 45.2 Å². The molecule has 1 N–H and O–H groups in total. The first-order valence-electron chi connectivity index (χ1n) is 5.21. The van der Waals surface area contributed by atoms with Crippen LogP contribution in [-0.2, 0) is 0 Å². The summed E-state index contributed by atoms with van der Waals surface area (Å²) in [5.41, 5.74) is 0. The van der Waals surface area contributed by atoms with Crippen LogP contribution in [0.2, 0.25) is 0 Å². The minimum atomic E-state index is 1.01. The van der Waals surface area contributed by atoms with Gasteiger partial charge in [0.05, 0.1) is 0 Å². The topological polar surface area (TPSA) is 15.3 Å². The van der Waals surface area contributed by atoms with Crippen LogP contribution in [0.5, 0.6) is 0 Å². The molecule has 1 saturated carbocycles. The SMILES string of the molecule is CSCCN(C)CCNCC1CC1. The minimum absolute atomic E-state index is 1.01. The number of rotatable bonds is 8. The van der Waals surface area contributed by atoms with Crippen LogP contribution in [0, 0.1) is 5.92 Å². The lowest BCUT2D eigenvalue weighted by molar-refractivity contribution is 0.351. The third kappa shape index (κ3) is 6.36. The highest BCUT2D eigenvalue weighted by atomic mass is 32.2. The number of hydrogen-bond acceptors (Lipinski definition) is 3. The molecule has 0 atom stereocenters. The van der Waals surface area contributed by atoms with Gasteiger partial charge in [0.15, 0.2) is 0 Å². The molecule has 2 nitrogen and oxygen atoms in total. The number of hydrogen-bond donors (Lipinski definition) is 1. The van der Waals surface area contributed by atoms with Crippen molar-refractivity contribution in [2.45, 2.75) is 12.8 Å². The first kappa shape index (κ1) is 11.3. The summed E-state index contributed by atoms with van der Waals surface area (Å²) in [4.78, 5) is 2.40. The third-order valence-corrected chi connectivity index (χ3v) is 3.07. The monoisotopic (exact) mass is 202 g/mol. The second kappa shape index (κ2) is 6.68. The Hall–Kier alpha value is 0.270. The maximum atomic E-state index is 3.51. The van der Waals surface area contributed by atoms with Crippen LogP contribution in [0.1, 0.15) is 12.8 Å². The number of thioether (sulfide) groups is 1. The van der Waals surface area contributed by atoms with E-state index in [9.17, 15) is 0 Å². The Morgan fingerprint density at radius 2 is 2.15 bits per heavy atom. The second-order valence-electron chi connectivity index (χ2n) is 3.94. The molecule has 0 unspecified atom stereocenters. The van der Waals surface area contributed by atoms with Crippen molar-refractivity contribution < 1.29 is 0 Å². The maximum Gasteiger partial charge on any atom is 0.0104 e. The lowest BCUT2D eigenvalue weighted by Gasteiger charge is -2.15. The van der Waals surface area contributed by atoms with Crippen LogP contribution in [0.3, 0.4) is 0 Å². The number of nitrogens with one attached hydrogen (secondary N) is 1. The van der Waals surface area contributed by atoms with E-state index in [-0.39, 0.29) is 0 Å². The molecule has 0 amide bonds. The van der Waals surface area contributed by atoms with Gasteiger partial charge >= 0.3 is 0 Å². The van der Waals surface area contributed by atoms with Gasteiger partial charge in [-0.1, -0.05) is 0 Å². The summed E-state index contributed by atoms with van der Waals surface area (Å²) in [6.45, 7) is 4.80. The van der Waals surface area contributed by atoms with Crippen molar-refractivity contribution in [3.05, 3.63) is 0 Å². The minimum Gasteiger partial charge on any atom is -0.315 e. The fraction of sp³-hybridized carbons (Fsp3) is 1.00. The molecule has 0 radical (unpaired) electrons. The summed E-state index contributed by atoms with van der Waals surface area (Å²) < 4.78 is 0. The Morgan fingerprint density at radius 1 is 1.38 bits per heavy atom. The van der Waals surface area contributed by atoms with Crippen LogP contribution in [0.4, 0.5) is 0 Å². The zero-order chi connectivity index (χ0) is 9.52. The van der Waals surface area contributed by atoms with E-state index in [0.717, 1.165) is 12.5 Å². The molecule has 78 valence electrons. The van der Waals surface area contributed by atoms with Gasteiger partial charge in [-0.3, -0.25) is 0 Å². The zero-order valence-electron chi connectivity index (χ0n) is 8.88. The standard InChI is InChI=1S/C10H22N2S/c1-12(7-8-13-2)6-5-11-9-10-3-4-10/h10-11H,3-9H2,1-2H3. The maximum absolute atomic E-state index is 3.51. The molecule has 0 spiro atoms. The zero-order valence-corrected chi connectivity index (χ0v) is 9.70. The second-order valence-corrected chi connectivity index (χ2v) is 4.93. The van der Waals surface area contributed by atoms with E-state index in [4.69, 9.17) is 0 Å². The Kier molecular flexibility index (Phi) is 5.83. The fourth-order valence-corrected chi connectivity index (χ4v) is 1.75. The van der Waals surface area contributed by atoms with E-state index in [2.05, 4.69) is 23.5 Å². The Labute approximate surface area is 86.5 Å². The van der Waals surface area contributed by atoms with E-state index in [1.807, 2.05) is 11.8 Å². The lowest BCUT2D eigenvalue weighted by Crippen LogP contribution is -2.31. The molecular weight excluding hydrogens is 180 g/mol. The van der Waals surface area contributed by atoms with Gasteiger partial charge in [-0.15, -0.1) is 0 Å². The summed E-state index contributed by atoms with van der Waals surface area (Å²) in [7, 11) is 2.20. The summed E-state index contributed by atoms with van der Waals surface area (Å²) in [5.74, 6) is 2.26. The van der Waals surface area contributed by atoms with Crippen LogP contribution in [0.15, 0.2) is 0 Å². The van der Waals surface area contributed by atoms with Gasteiger partial charge in [0.2, 0.25) is 0 Å². The van der Waals surface area contributed by atoms with Crippen LogP contribution < -0.4 is 5.32 Å². The molecule has 1 rings (SSSR count). The molecule has 0 heterocycles. The average molecular weight is 202 g/mol. The molecule has 0 aromatic heterocycles. The number of likely N-dealkylation sites (N-methyl/N-ethyl adjacent to an activating group) is 1. The molecule has 1 aliphatic carbocycles. The largest absolute Gasteiger partial charge is 0.315 e. The predicted octanol–water partition coefficient (Wildman–Crippen LogP) is 1.28. The summed E-state index contributed by atoms with van der Waals surface area (Å²) in [6, 6.07) is 0. The summed E-state index contributed by atoms with van der Waals surface area (Å²) in [6.07, 6.45) is 5.07. The predicted molar refractivity (Wildman–Crippen MR) is 61.5 cm³/mol. The third-order valence-electron chi connectivity index (χ3n) is 2.48. The van der Waals surface area contributed by atoms with E-state index in [1.54, 1.807) is 0 Å². The van der Waals surface area contributed by atoms with Gasteiger partial charge in [-0.25, -0.2) is 0 Å². The van der Waals surface area contributed by atoms with Gasteiger partial charge < -0.3 is 10.2 Å². The highest BCUT2D eigenvalue weighted by Crippen LogP contribution is 2.27. The van der Waals surface area contributed by atoms with Gasteiger partial charge in [-0.2, -0.15) is 11.8 Å². The van der Waals surface area contributed by atoms with E-state index >= 15 is 0 Å². The van der Waals surface area contributed by atoms with Crippen molar-refractivity contribution in [2.24, 2.45) is 5.92 Å². The van der Waals surface area contributed by atoms with Crippen LogP contribution in [0.25, 0.3) is 0 Å². The molecule has 0 aliphatic heterocycles. The summed E-state index contributed by atoms with van der Waals surface area (Å²) >= 11 is 1.92. The van der Waals surface area contributed by atoms with Crippen molar-refractivity contribution in [3.8, 4) is 0 Å². The number of nitrogens with zero attached hydrogens (tertiary/aromatic N) is 1. The van der Waals surface area contributed by atoms with E-state index in [1.165, 1.54) is 38.2 Å². The Balaban J connectivity index is 1.79. The molecule has 13 heavy (non-hydrogen) atoms. The van der Waals surface area contributed by atoms with Gasteiger partial charge in [0.25, 0.3) is 0 Å². The smallest absolute Gasteiger partial charge is 0.0104 e. The molecule has 3 heteroatoms.